The van der Waals surface area contributed by atoms with Crippen LogP contribution in [0, 0.1) is 11.8 Å². The van der Waals surface area contributed by atoms with E-state index in [2.05, 4.69) is 29.4 Å². The van der Waals surface area contributed by atoms with E-state index in [1.807, 2.05) is 17.8 Å². The predicted octanol–water partition coefficient (Wildman–Crippen LogP) is 3.55. The third kappa shape index (κ3) is 2.08. The quantitative estimate of drug-likeness (QED) is 0.654. The summed E-state index contributed by atoms with van der Waals surface area (Å²) in [5.74, 6) is 2.34. The molecule has 2 fully saturated rings. The van der Waals surface area contributed by atoms with Crippen LogP contribution in [0.4, 0.5) is 0 Å². The Hall–Kier alpha value is -0.960. The van der Waals surface area contributed by atoms with E-state index in [-0.39, 0.29) is 0 Å². The summed E-state index contributed by atoms with van der Waals surface area (Å²) < 4.78 is 0. The van der Waals surface area contributed by atoms with Crippen molar-refractivity contribution in [3.8, 4) is 0 Å². The zero-order valence-corrected chi connectivity index (χ0v) is 10.6. The summed E-state index contributed by atoms with van der Waals surface area (Å²) in [6.07, 6.45) is 3.79. The van der Waals surface area contributed by atoms with E-state index in [1.165, 1.54) is 24.8 Å². The third-order valence-corrected chi connectivity index (χ3v) is 5.48. The average Bonchev–Trinajstić information content (AvgIpc) is 2.97. The molecule has 0 saturated heterocycles. The van der Waals surface area contributed by atoms with Gasteiger partial charge in [0.05, 0.1) is 5.71 Å². The van der Waals surface area contributed by atoms with Gasteiger partial charge in [-0.15, -0.1) is 11.8 Å². The minimum atomic E-state index is 0.457. The fourth-order valence-corrected chi connectivity index (χ4v) is 4.65. The molecule has 3 unspecified atom stereocenters. The molecule has 2 aliphatic carbocycles. The van der Waals surface area contributed by atoms with Crippen molar-refractivity contribution in [3.63, 3.8) is 0 Å². The molecule has 1 N–H and O–H groups in total. The largest absolute Gasteiger partial charge is 0.411 e. The van der Waals surface area contributed by atoms with Crippen LogP contribution in [-0.2, 0) is 5.75 Å². The van der Waals surface area contributed by atoms with Crippen LogP contribution < -0.4 is 0 Å². The van der Waals surface area contributed by atoms with Gasteiger partial charge in [0.25, 0.3) is 0 Å². The van der Waals surface area contributed by atoms with Crippen LogP contribution in [-0.4, -0.2) is 16.2 Å². The highest BCUT2D eigenvalue weighted by Crippen LogP contribution is 2.48. The first-order valence-corrected chi connectivity index (χ1v) is 7.30. The average molecular weight is 247 g/mol. The molecule has 0 aromatic heterocycles. The van der Waals surface area contributed by atoms with Gasteiger partial charge in [-0.25, -0.2) is 0 Å². The second-order valence-electron chi connectivity index (χ2n) is 5.01. The molecule has 3 heteroatoms. The molecule has 3 atom stereocenters. The van der Waals surface area contributed by atoms with Crippen LogP contribution in [0.1, 0.15) is 24.8 Å². The van der Waals surface area contributed by atoms with Crippen molar-refractivity contribution in [2.75, 3.05) is 0 Å². The first kappa shape index (κ1) is 11.1. The summed E-state index contributed by atoms with van der Waals surface area (Å²) >= 11 is 1.94. The molecular weight excluding hydrogens is 230 g/mol. The van der Waals surface area contributed by atoms with Gasteiger partial charge in [-0.1, -0.05) is 35.5 Å². The summed E-state index contributed by atoms with van der Waals surface area (Å²) in [5, 5.41) is 13.1. The number of benzene rings is 1. The Bertz CT molecular complexity index is 417. The second-order valence-corrected chi connectivity index (χ2v) is 6.14. The molecule has 0 spiro atoms. The molecule has 17 heavy (non-hydrogen) atoms. The molecular formula is C14H17NOS. The van der Waals surface area contributed by atoms with E-state index in [0.717, 1.165) is 17.4 Å². The number of fused-ring (bicyclic) bond motifs is 2. The highest BCUT2D eigenvalue weighted by Gasteiger charge is 2.45. The molecule has 2 nitrogen and oxygen atoms in total. The molecule has 0 aliphatic heterocycles. The standard InChI is InChI=1S/C14H17NOS/c16-15-13-11-6-7-12(8-11)14(13)17-9-10-4-2-1-3-5-10/h1-5,11-12,14,16H,6-9H2/b15-13-. The van der Waals surface area contributed by atoms with Gasteiger partial charge < -0.3 is 5.21 Å². The maximum atomic E-state index is 9.13. The Kier molecular flexibility index (Phi) is 3.10. The Labute approximate surface area is 106 Å². The van der Waals surface area contributed by atoms with Crippen LogP contribution in [0.5, 0.6) is 0 Å². The van der Waals surface area contributed by atoms with Gasteiger partial charge in [0, 0.05) is 16.9 Å². The van der Waals surface area contributed by atoms with E-state index in [4.69, 9.17) is 5.21 Å². The molecule has 0 amide bonds. The van der Waals surface area contributed by atoms with Gasteiger partial charge in [-0.3, -0.25) is 0 Å². The fourth-order valence-electron chi connectivity index (χ4n) is 3.15. The fraction of sp³-hybridized carbons (Fsp3) is 0.500. The second kappa shape index (κ2) is 4.73. The molecule has 3 rings (SSSR count). The minimum absolute atomic E-state index is 0.457. The van der Waals surface area contributed by atoms with E-state index < -0.39 is 0 Å². The van der Waals surface area contributed by atoms with Gasteiger partial charge >= 0.3 is 0 Å². The van der Waals surface area contributed by atoms with Crippen molar-refractivity contribution in [2.24, 2.45) is 17.0 Å². The lowest BCUT2D eigenvalue weighted by atomic mass is 9.98. The number of rotatable bonds is 3. The van der Waals surface area contributed by atoms with Crippen molar-refractivity contribution in [1.29, 1.82) is 0 Å². The molecule has 0 heterocycles. The van der Waals surface area contributed by atoms with Crippen molar-refractivity contribution < 1.29 is 5.21 Å². The lowest BCUT2D eigenvalue weighted by Gasteiger charge is -2.22. The van der Waals surface area contributed by atoms with E-state index >= 15 is 0 Å². The zero-order chi connectivity index (χ0) is 11.7. The first-order valence-electron chi connectivity index (χ1n) is 6.26. The Morgan fingerprint density at radius 2 is 2.06 bits per heavy atom. The Morgan fingerprint density at radius 1 is 1.24 bits per heavy atom. The minimum Gasteiger partial charge on any atom is -0.411 e. The first-order chi connectivity index (χ1) is 8.38. The van der Waals surface area contributed by atoms with E-state index in [1.54, 1.807) is 0 Å². The summed E-state index contributed by atoms with van der Waals surface area (Å²) in [6.45, 7) is 0. The number of hydrogen-bond donors (Lipinski definition) is 1. The van der Waals surface area contributed by atoms with Crippen LogP contribution >= 0.6 is 11.8 Å². The maximum absolute atomic E-state index is 9.13. The van der Waals surface area contributed by atoms with Crippen molar-refractivity contribution in [1.82, 2.24) is 0 Å². The van der Waals surface area contributed by atoms with Crippen LogP contribution in [0.3, 0.4) is 0 Å². The van der Waals surface area contributed by atoms with Crippen molar-refractivity contribution in [3.05, 3.63) is 35.9 Å². The maximum Gasteiger partial charge on any atom is 0.0734 e. The summed E-state index contributed by atoms with van der Waals surface area (Å²) in [6, 6.07) is 10.5. The van der Waals surface area contributed by atoms with Crippen molar-refractivity contribution >= 4 is 17.5 Å². The lowest BCUT2D eigenvalue weighted by molar-refractivity contribution is 0.314. The van der Waals surface area contributed by atoms with Crippen molar-refractivity contribution in [2.45, 2.75) is 30.3 Å². The molecule has 1 aromatic carbocycles. The highest BCUT2D eigenvalue weighted by molar-refractivity contribution is 7.99. The monoisotopic (exact) mass is 247 g/mol. The van der Waals surface area contributed by atoms with Crippen LogP contribution in [0.15, 0.2) is 35.5 Å². The Balaban J connectivity index is 1.66. The van der Waals surface area contributed by atoms with Gasteiger partial charge in [0.2, 0.25) is 0 Å². The normalized spacial score (nSPS) is 33.4. The van der Waals surface area contributed by atoms with Gasteiger partial charge in [-0.2, -0.15) is 0 Å². The predicted molar refractivity (Wildman–Crippen MR) is 71.6 cm³/mol. The van der Waals surface area contributed by atoms with Gasteiger partial charge in [-0.05, 0) is 30.7 Å². The Morgan fingerprint density at radius 3 is 2.82 bits per heavy atom. The summed E-state index contributed by atoms with van der Waals surface area (Å²) in [4.78, 5) is 0. The topological polar surface area (TPSA) is 32.6 Å². The molecule has 0 radical (unpaired) electrons. The van der Waals surface area contributed by atoms with E-state index in [9.17, 15) is 0 Å². The number of nitrogens with zero attached hydrogens (tertiary/aromatic N) is 1. The van der Waals surface area contributed by atoms with E-state index in [0.29, 0.717) is 11.2 Å². The smallest absolute Gasteiger partial charge is 0.0734 e. The molecule has 1 aromatic rings. The van der Waals surface area contributed by atoms with Crippen LogP contribution in [0.2, 0.25) is 0 Å². The lowest BCUT2D eigenvalue weighted by Crippen LogP contribution is -2.25. The van der Waals surface area contributed by atoms with Gasteiger partial charge in [0.1, 0.15) is 0 Å². The number of thioether (sulfide) groups is 1. The third-order valence-electron chi connectivity index (χ3n) is 4.00. The molecule has 2 aliphatic rings. The molecule has 2 bridgehead atoms. The molecule has 2 saturated carbocycles. The number of hydrogen-bond acceptors (Lipinski definition) is 3. The SMILES string of the molecule is O/N=C1/C2CCC(C2)C1SCc1ccccc1. The van der Waals surface area contributed by atoms with Crippen LogP contribution in [0.25, 0.3) is 0 Å². The highest BCUT2D eigenvalue weighted by atomic mass is 32.2. The molecule has 90 valence electrons. The van der Waals surface area contributed by atoms with Gasteiger partial charge in [0.15, 0.2) is 0 Å². The summed E-state index contributed by atoms with van der Waals surface area (Å²) in [5.41, 5.74) is 2.42. The zero-order valence-electron chi connectivity index (χ0n) is 9.75. The summed E-state index contributed by atoms with van der Waals surface area (Å²) in [7, 11) is 0. The number of oxime groups is 1.